The third-order valence-corrected chi connectivity index (χ3v) is 8.07. The van der Waals surface area contributed by atoms with E-state index in [1.807, 2.05) is 37.3 Å². The molecule has 0 unspecified atom stereocenters. The van der Waals surface area contributed by atoms with Crippen LogP contribution in [0.15, 0.2) is 71.9 Å². The molecule has 0 saturated carbocycles. The summed E-state index contributed by atoms with van der Waals surface area (Å²) in [4.78, 5) is 23.8. The molecule has 182 valence electrons. The molecular formula is C25H25N3O5S2. The van der Waals surface area contributed by atoms with Gasteiger partial charge >= 0.3 is 0 Å². The van der Waals surface area contributed by atoms with Gasteiger partial charge in [-0.2, -0.15) is 0 Å². The fraction of sp³-hybridized carbons (Fsp3) is 0.240. The lowest BCUT2D eigenvalue weighted by molar-refractivity contribution is -0.118. The van der Waals surface area contributed by atoms with Gasteiger partial charge in [0.15, 0.2) is 15.0 Å². The normalized spacial score (nSPS) is 11.4. The van der Waals surface area contributed by atoms with Gasteiger partial charge in [-0.25, -0.2) is 13.4 Å². The van der Waals surface area contributed by atoms with Crippen molar-refractivity contribution in [1.82, 2.24) is 9.97 Å². The number of hydrogen-bond donors (Lipinski definition) is 0. The van der Waals surface area contributed by atoms with Crippen molar-refractivity contribution in [2.24, 2.45) is 0 Å². The van der Waals surface area contributed by atoms with Gasteiger partial charge in [0.1, 0.15) is 17.0 Å². The van der Waals surface area contributed by atoms with Gasteiger partial charge in [-0.05, 0) is 61.0 Å². The van der Waals surface area contributed by atoms with Crippen molar-refractivity contribution < 1.29 is 22.7 Å². The van der Waals surface area contributed by atoms with E-state index in [1.165, 1.54) is 35.5 Å². The molecule has 2 heterocycles. The number of ether oxygens (including phenoxy) is 2. The van der Waals surface area contributed by atoms with Crippen LogP contribution < -0.4 is 14.4 Å². The number of sulfone groups is 1. The number of benzene rings is 2. The summed E-state index contributed by atoms with van der Waals surface area (Å²) in [7, 11) is -2.14. The Morgan fingerprint density at radius 1 is 1.06 bits per heavy atom. The van der Waals surface area contributed by atoms with Gasteiger partial charge in [-0.15, -0.1) is 0 Å². The number of para-hydroxylation sites is 1. The van der Waals surface area contributed by atoms with E-state index in [1.54, 1.807) is 24.5 Å². The number of rotatable bonds is 10. The number of pyridine rings is 1. The van der Waals surface area contributed by atoms with Crippen LogP contribution >= 0.6 is 11.3 Å². The molecule has 2 aromatic carbocycles. The van der Waals surface area contributed by atoms with Crippen LogP contribution in [0.5, 0.6) is 11.5 Å². The van der Waals surface area contributed by atoms with E-state index in [9.17, 15) is 13.2 Å². The third-order valence-electron chi connectivity index (χ3n) is 5.30. The Bertz CT molecular complexity index is 1400. The molecule has 0 spiro atoms. The topological polar surface area (TPSA) is 98.7 Å². The van der Waals surface area contributed by atoms with Crippen molar-refractivity contribution in [1.29, 1.82) is 0 Å². The molecule has 4 aromatic rings. The first-order valence-electron chi connectivity index (χ1n) is 11.0. The molecule has 0 aliphatic rings. The van der Waals surface area contributed by atoms with Crippen molar-refractivity contribution in [2.75, 3.05) is 24.4 Å². The van der Waals surface area contributed by atoms with E-state index in [-0.39, 0.29) is 29.5 Å². The number of carbonyl (C=O) groups excluding carboxylic acids is 1. The van der Waals surface area contributed by atoms with E-state index in [0.717, 1.165) is 10.3 Å². The Labute approximate surface area is 208 Å². The SMILES string of the molecule is CCOc1cccc2sc(N(Cc3ccncc3)C(=O)CCS(=O)(=O)c3ccc(OC)cc3)nc12. The quantitative estimate of drug-likeness (QED) is 0.309. The van der Waals surface area contributed by atoms with Crippen LogP contribution in [0.3, 0.4) is 0 Å². The number of methoxy groups -OCH3 is 1. The number of anilines is 1. The Morgan fingerprint density at radius 2 is 1.80 bits per heavy atom. The number of hydrogen-bond acceptors (Lipinski definition) is 8. The van der Waals surface area contributed by atoms with Crippen LogP contribution in [0.4, 0.5) is 5.13 Å². The average Bonchev–Trinajstić information content (AvgIpc) is 3.32. The zero-order valence-corrected chi connectivity index (χ0v) is 21.0. The number of fused-ring (bicyclic) bond motifs is 1. The van der Waals surface area contributed by atoms with Crippen molar-refractivity contribution in [3.05, 3.63) is 72.6 Å². The van der Waals surface area contributed by atoms with Gasteiger partial charge in [-0.3, -0.25) is 14.7 Å². The smallest absolute Gasteiger partial charge is 0.230 e. The molecule has 0 radical (unpaired) electrons. The fourth-order valence-corrected chi connectivity index (χ4v) is 5.72. The van der Waals surface area contributed by atoms with Crippen molar-refractivity contribution in [3.8, 4) is 11.5 Å². The van der Waals surface area contributed by atoms with Crippen molar-refractivity contribution in [3.63, 3.8) is 0 Å². The number of aromatic nitrogens is 2. The van der Waals surface area contributed by atoms with Crippen LogP contribution in [0.1, 0.15) is 18.9 Å². The van der Waals surface area contributed by atoms with Crippen LogP contribution in [0.25, 0.3) is 10.2 Å². The fourth-order valence-electron chi connectivity index (χ4n) is 3.49. The first-order chi connectivity index (χ1) is 16.9. The van der Waals surface area contributed by atoms with Gasteiger partial charge in [0.05, 0.1) is 35.6 Å². The minimum absolute atomic E-state index is 0.146. The summed E-state index contributed by atoms with van der Waals surface area (Å²) in [5, 5.41) is 0.482. The van der Waals surface area contributed by atoms with Crippen molar-refractivity contribution in [2.45, 2.75) is 24.8 Å². The minimum atomic E-state index is -3.66. The lowest BCUT2D eigenvalue weighted by atomic mass is 10.2. The summed E-state index contributed by atoms with van der Waals surface area (Å²) >= 11 is 1.36. The van der Waals surface area contributed by atoms with Crippen LogP contribution in [0.2, 0.25) is 0 Å². The molecule has 10 heteroatoms. The van der Waals surface area contributed by atoms with Gasteiger partial charge in [0, 0.05) is 18.8 Å². The number of nitrogens with zero attached hydrogens (tertiary/aromatic N) is 3. The van der Waals surface area contributed by atoms with E-state index >= 15 is 0 Å². The van der Waals surface area contributed by atoms with E-state index in [2.05, 4.69) is 4.98 Å². The highest BCUT2D eigenvalue weighted by Crippen LogP contribution is 2.35. The molecule has 35 heavy (non-hydrogen) atoms. The molecule has 2 aromatic heterocycles. The predicted octanol–water partition coefficient (Wildman–Crippen LogP) is 4.50. The minimum Gasteiger partial charge on any atom is -0.497 e. The van der Waals surface area contributed by atoms with Crippen molar-refractivity contribution >= 4 is 42.4 Å². The lowest BCUT2D eigenvalue weighted by Crippen LogP contribution is -2.31. The van der Waals surface area contributed by atoms with E-state index < -0.39 is 9.84 Å². The molecular weight excluding hydrogens is 486 g/mol. The Hall–Kier alpha value is -3.50. The second kappa shape index (κ2) is 10.8. The number of carbonyl (C=O) groups is 1. The summed E-state index contributed by atoms with van der Waals surface area (Å²) in [5.74, 6) is 0.549. The summed E-state index contributed by atoms with van der Waals surface area (Å²) in [6.07, 6.45) is 3.11. The number of thiazole rings is 1. The van der Waals surface area contributed by atoms with Gasteiger partial charge in [-0.1, -0.05) is 17.4 Å². The molecule has 0 aliphatic heterocycles. The first-order valence-corrected chi connectivity index (χ1v) is 13.5. The Kier molecular flexibility index (Phi) is 7.62. The molecule has 0 saturated heterocycles. The van der Waals surface area contributed by atoms with Gasteiger partial charge in [0.25, 0.3) is 0 Å². The second-order valence-corrected chi connectivity index (χ2v) is 10.7. The monoisotopic (exact) mass is 511 g/mol. The standard InChI is InChI=1S/C25H25N3O5S2/c1-3-33-21-5-4-6-22-24(21)27-25(34-22)28(17-18-11-14-26-15-12-18)23(29)13-16-35(30,31)20-9-7-19(32-2)8-10-20/h4-12,14-15H,3,13,16-17H2,1-2H3. The van der Waals surface area contributed by atoms with Crippen LogP contribution in [-0.2, 0) is 21.2 Å². The van der Waals surface area contributed by atoms with Crippen LogP contribution in [-0.4, -0.2) is 43.8 Å². The highest BCUT2D eigenvalue weighted by atomic mass is 32.2. The third kappa shape index (κ3) is 5.77. The van der Waals surface area contributed by atoms with E-state index in [0.29, 0.717) is 28.8 Å². The molecule has 0 aliphatic carbocycles. The van der Waals surface area contributed by atoms with E-state index in [4.69, 9.17) is 14.5 Å². The van der Waals surface area contributed by atoms with Gasteiger partial charge < -0.3 is 9.47 Å². The maximum atomic E-state index is 13.4. The molecule has 0 fully saturated rings. The molecule has 0 bridgehead atoms. The highest BCUT2D eigenvalue weighted by molar-refractivity contribution is 7.91. The lowest BCUT2D eigenvalue weighted by Gasteiger charge is -2.20. The summed E-state index contributed by atoms with van der Waals surface area (Å²) in [6.45, 7) is 2.64. The maximum Gasteiger partial charge on any atom is 0.230 e. The average molecular weight is 512 g/mol. The predicted molar refractivity (Wildman–Crippen MR) is 136 cm³/mol. The molecule has 4 rings (SSSR count). The Morgan fingerprint density at radius 3 is 2.49 bits per heavy atom. The zero-order chi connectivity index (χ0) is 24.8. The highest BCUT2D eigenvalue weighted by Gasteiger charge is 2.24. The Balaban J connectivity index is 1.60. The summed E-state index contributed by atoms with van der Waals surface area (Å²) in [6, 6.07) is 15.4. The first kappa shape index (κ1) is 24.6. The van der Waals surface area contributed by atoms with Crippen LogP contribution in [0, 0.1) is 0 Å². The van der Waals surface area contributed by atoms with Gasteiger partial charge in [0.2, 0.25) is 5.91 Å². The number of amides is 1. The molecule has 8 nitrogen and oxygen atoms in total. The maximum absolute atomic E-state index is 13.4. The largest absolute Gasteiger partial charge is 0.497 e. The molecule has 1 amide bonds. The molecule has 0 N–H and O–H groups in total. The molecule has 0 atom stereocenters. The summed E-state index contributed by atoms with van der Waals surface area (Å²) in [5.41, 5.74) is 1.53. The summed E-state index contributed by atoms with van der Waals surface area (Å²) < 4.78 is 37.4. The second-order valence-electron chi connectivity index (χ2n) is 7.61. The zero-order valence-electron chi connectivity index (χ0n) is 19.4.